The molecule has 10 nitrogen and oxygen atoms in total. The fourth-order valence-corrected chi connectivity index (χ4v) is 3.90. The molecule has 0 bridgehead atoms. The first-order chi connectivity index (χ1) is 16.3. The average molecular weight is 465 g/mol. The van der Waals surface area contributed by atoms with Crippen LogP contribution in [-0.2, 0) is 0 Å². The van der Waals surface area contributed by atoms with Gasteiger partial charge >= 0.3 is 0 Å². The van der Waals surface area contributed by atoms with E-state index in [1.165, 1.54) is 18.5 Å². The molecule has 1 aliphatic carbocycles. The van der Waals surface area contributed by atoms with E-state index in [0.717, 1.165) is 31.7 Å². The number of hydrogen-bond donors (Lipinski definition) is 5. The summed E-state index contributed by atoms with van der Waals surface area (Å²) in [6.45, 7) is 0. The number of nitrogens with two attached hydrogens (primary N) is 3. The second-order valence-corrected chi connectivity index (χ2v) is 8.10. The van der Waals surface area contributed by atoms with Gasteiger partial charge in [-0.2, -0.15) is 0 Å². The van der Waals surface area contributed by atoms with Crippen LogP contribution in [0.5, 0.6) is 0 Å². The first-order valence-electron chi connectivity index (χ1n) is 10.8. The number of hydrogen-bond acceptors (Lipinski definition) is 8. The molecular weight excluding hydrogens is 439 g/mol. The second kappa shape index (κ2) is 9.79. The molecule has 1 fully saturated rings. The highest BCUT2D eigenvalue weighted by Crippen LogP contribution is 2.30. The number of anilines is 3. The van der Waals surface area contributed by atoms with E-state index in [4.69, 9.17) is 17.2 Å². The zero-order valence-corrected chi connectivity index (χ0v) is 18.3. The van der Waals surface area contributed by atoms with Gasteiger partial charge in [0, 0.05) is 30.0 Å². The molecule has 0 saturated heterocycles. The number of nitrogens with zero attached hydrogens (tertiary/aromatic N) is 3. The van der Waals surface area contributed by atoms with Crippen LogP contribution in [-0.4, -0.2) is 38.8 Å². The molecule has 2 atom stereocenters. The van der Waals surface area contributed by atoms with Crippen molar-refractivity contribution in [3.8, 4) is 11.3 Å². The summed E-state index contributed by atoms with van der Waals surface area (Å²) in [5.74, 6) is -2.08. The van der Waals surface area contributed by atoms with Crippen molar-refractivity contribution in [2.45, 2.75) is 37.8 Å². The summed E-state index contributed by atoms with van der Waals surface area (Å²) in [6, 6.07) is 7.14. The molecule has 3 aromatic rings. The Balaban J connectivity index is 1.70. The van der Waals surface area contributed by atoms with E-state index in [2.05, 4.69) is 25.6 Å². The smallest absolute Gasteiger partial charge is 0.274 e. The fourth-order valence-electron chi connectivity index (χ4n) is 3.90. The Labute approximate surface area is 195 Å². The lowest BCUT2D eigenvalue weighted by Gasteiger charge is -2.30. The second-order valence-electron chi connectivity index (χ2n) is 8.10. The lowest BCUT2D eigenvalue weighted by molar-refractivity contribution is 0.0997. The van der Waals surface area contributed by atoms with Gasteiger partial charge in [0.2, 0.25) is 0 Å². The third-order valence-electron chi connectivity index (χ3n) is 5.72. The number of halogens is 1. The highest BCUT2D eigenvalue weighted by atomic mass is 19.1. The minimum Gasteiger partial charge on any atom is -0.382 e. The Morgan fingerprint density at radius 2 is 1.91 bits per heavy atom. The van der Waals surface area contributed by atoms with Crippen LogP contribution in [0.1, 0.15) is 46.5 Å². The third kappa shape index (κ3) is 4.94. The van der Waals surface area contributed by atoms with E-state index in [0.29, 0.717) is 5.56 Å². The monoisotopic (exact) mass is 464 g/mol. The number of pyridine rings is 3. The van der Waals surface area contributed by atoms with Gasteiger partial charge in [-0.25, -0.2) is 14.4 Å². The van der Waals surface area contributed by atoms with Crippen LogP contribution >= 0.6 is 0 Å². The maximum atomic E-state index is 14.8. The summed E-state index contributed by atoms with van der Waals surface area (Å²) >= 11 is 0. The van der Waals surface area contributed by atoms with Gasteiger partial charge in [0.25, 0.3) is 11.8 Å². The van der Waals surface area contributed by atoms with Crippen LogP contribution in [0.15, 0.2) is 42.7 Å². The number of nitrogens with one attached hydrogen (secondary N) is 2. The van der Waals surface area contributed by atoms with Crippen molar-refractivity contribution >= 4 is 29.1 Å². The van der Waals surface area contributed by atoms with Crippen LogP contribution in [0, 0.1) is 5.82 Å². The van der Waals surface area contributed by atoms with E-state index in [-0.39, 0.29) is 46.4 Å². The number of amides is 2. The minimum absolute atomic E-state index is 0.0433. The van der Waals surface area contributed by atoms with Crippen molar-refractivity contribution in [1.82, 2.24) is 15.0 Å². The Morgan fingerprint density at radius 3 is 2.62 bits per heavy atom. The number of rotatable bonds is 6. The molecular formula is C23H25FN8O2. The van der Waals surface area contributed by atoms with Crippen LogP contribution in [0.3, 0.4) is 0 Å². The van der Waals surface area contributed by atoms with Crippen molar-refractivity contribution in [3.63, 3.8) is 0 Å². The van der Waals surface area contributed by atoms with Gasteiger partial charge in [-0.15, -0.1) is 0 Å². The average Bonchev–Trinajstić information content (AvgIpc) is 2.83. The predicted molar refractivity (Wildman–Crippen MR) is 126 cm³/mol. The largest absolute Gasteiger partial charge is 0.382 e. The van der Waals surface area contributed by atoms with Crippen molar-refractivity contribution in [3.05, 3.63) is 59.8 Å². The number of carbonyl (C=O) groups is 2. The summed E-state index contributed by atoms with van der Waals surface area (Å²) in [4.78, 5) is 37.0. The molecule has 1 aliphatic rings. The zero-order valence-electron chi connectivity index (χ0n) is 18.3. The molecule has 1 saturated carbocycles. The van der Waals surface area contributed by atoms with E-state index in [1.807, 2.05) is 0 Å². The highest BCUT2D eigenvalue weighted by molar-refractivity contribution is 6.05. The van der Waals surface area contributed by atoms with Gasteiger partial charge in [-0.1, -0.05) is 18.9 Å². The first-order valence-corrected chi connectivity index (χ1v) is 10.8. The highest BCUT2D eigenvalue weighted by Gasteiger charge is 2.25. The standard InChI is InChI=1S/C23H25FN8O2/c24-14-10-13(21(27)33)19(32-22(14)30-16-6-2-1-5-15(16)25)12-9-18(20(26)29-11-12)31-23(34)17-7-3-4-8-28-17/h3-4,7-11,15-16H,1-2,5-6,25H2,(H2,26,29)(H2,27,33)(H,30,32)(H,31,34)/t15-,16+/m0/s1. The maximum Gasteiger partial charge on any atom is 0.274 e. The van der Waals surface area contributed by atoms with Crippen molar-refractivity contribution in [1.29, 1.82) is 0 Å². The molecule has 0 unspecified atom stereocenters. The topological polar surface area (TPSA) is 175 Å². The first kappa shape index (κ1) is 23.1. The number of carbonyl (C=O) groups excluding carboxylic acids is 2. The molecule has 34 heavy (non-hydrogen) atoms. The van der Waals surface area contributed by atoms with E-state index in [9.17, 15) is 14.0 Å². The SMILES string of the molecule is NC(=O)c1cc(F)c(N[C@@H]2CCCC[C@@H]2N)nc1-c1cnc(N)c(NC(=O)c2ccccn2)c1. The van der Waals surface area contributed by atoms with Crippen LogP contribution in [0.2, 0.25) is 0 Å². The molecule has 0 aliphatic heterocycles. The van der Waals surface area contributed by atoms with Gasteiger partial charge in [0.15, 0.2) is 11.6 Å². The molecule has 0 aromatic carbocycles. The fraction of sp³-hybridized carbons (Fsp3) is 0.261. The van der Waals surface area contributed by atoms with Gasteiger partial charge in [-0.3, -0.25) is 14.6 Å². The lowest BCUT2D eigenvalue weighted by Crippen LogP contribution is -2.43. The van der Waals surface area contributed by atoms with Crippen LogP contribution in [0.25, 0.3) is 11.3 Å². The van der Waals surface area contributed by atoms with Gasteiger partial charge in [0.05, 0.1) is 16.9 Å². The van der Waals surface area contributed by atoms with E-state index >= 15 is 0 Å². The number of nitrogen functional groups attached to an aromatic ring is 1. The summed E-state index contributed by atoms with van der Waals surface area (Å²) in [5.41, 5.74) is 18.3. The normalized spacial score (nSPS) is 17.7. The molecule has 11 heteroatoms. The number of primary amides is 1. The zero-order chi connectivity index (χ0) is 24.2. The van der Waals surface area contributed by atoms with Crippen LogP contribution < -0.4 is 27.8 Å². The van der Waals surface area contributed by atoms with Crippen molar-refractivity contribution in [2.75, 3.05) is 16.4 Å². The lowest BCUT2D eigenvalue weighted by atomic mass is 9.91. The van der Waals surface area contributed by atoms with Crippen molar-refractivity contribution in [2.24, 2.45) is 11.5 Å². The molecule has 0 radical (unpaired) electrons. The Morgan fingerprint density at radius 1 is 1.12 bits per heavy atom. The Hall–Kier alpha value is -4.12. The summed E-state index contributed by atoms with van der Waals surface area (Å²) < 4.78 is 14.8. The molecule has 8 N–H and O–H groups in total. The Kier molecular flexibility index (Phi) is 6.64. The van der Waals surface area contributed by atoms with Gasteiger partial charge < -0.3 is 27.8 Å². The van der Waals surface area contributed by atoms with Gasteiger partial charge in [-0.05, 0) is 37.1 Å². The maximum absolute atomic E-state index is 14.8. The summed E-state index contributed by atoms with van der Waals surface area (Å²) in [5, 5.41) is 5.71. The predicted octanol–water partition coefficient (Wildman–Crippen LogP) is 2.29. The molecule has 0 spiro atoms. The molecule has 3 aromatic heterocycles. The minimum atomic E-state index is -0.863. The third-order valence-corrected chi connectivity index (χ3v) is 5.72. The van der Waals surface area contributed by atoms with Crippen molar-refractivity contribution < 1.29 is 14.0 Å². The molecule has 2 amide bonds. The Bertz CT molecular complexity index is 1220. The summed E-state index contributed by atoms with van der Waals surface area (Å²) in [6.07, 6.45) is 6.45. The van der Waals surface area contributed by atoms with Crippen LogP contribution in [0.4, 0.5) is 21.7 Å². The quantitative estimate of drug-likeness (QED) is 0.369. The van der Waals surface area contributed by atoms with E-state index in [1.54, 1.807) is 18.2 Å². The van der Waals surface area contributed by atoms with Gasteiger partial charge in [0.1, 0.15) is 11.5 Å². The molecule has 3 heterocycles. The molecule has 176 valence electrons. The number of aromatic nitrogens is 3. The summed E-state index contributed by atoms with van der Waals surface area (Å²) in [7, 11) is 0. The molecule has 4 rings (SSSR count). The van der Waals surface area contributed by atoms with E-state index < -0.39 is 17.6 Å².